The molecule has 2 aromatic rings. The number of hydrogen-bond donors (Lipinski definition) is 1. The van der Waals surface area contributed by atoms with Gasteiger partial charge in [0.1, 0.15) is 5.82 Å². The molecule has 4 nitrogen and oxygen atoms in total. The number of amides is 1. The Kier molecular flexibility index (Phi) is 2.91. The monoisotopic (exact) mass is 253 g/mol. The van der Waals surface area contributed by atoms with Crippen LogP contribution in [0.15, 0.2) is 42.6 Å². The average molecular weight is 253 g/mol. The minimum atomic E-state index is 0.0510. The fraction of sp³-hybridized carbons (Fsp3) is 0.200. The zero-order valence-corrected chi connectivity index (χ0v) is 10.8. The zero-order valence-electron chi connectivity index (χ0n) is 10.8. The molecular weight excluding hydrogens is 238 g/mol. The summed E-state index contributed by atoms with van der Waals surface area (Å²) in [6.07, 6.45) is 1.66. The summed E-state index contributed by atoms with van der Waals surface area (Å²) in [5.41, 5.74) is 3.14. The minimum Gasteiger partial charge on any atom is -0.373 e. The van der Waals surface area contributed by atoms with Crippen molar-refractivity contribution in [3.05, 3.63) is 59.3 Å². The molecule has 1 aliphatic heterocycles. The van der Waals surface area contributed by atoms with Crippen LogP contribution in [0.2, 0.25) is 0 Å². The molecule has 0 atom stereocenters. The van der Waals surface area contributed by atoms with Crippen molar-refractivity contribution in [3.63, 3.8) is 0 Å². The summed E-state index contributed by atoms with van der Waals surface area (Å²) in [5, 5.41) is 2.95. The van der Waals surface area contributed by atoms with Crippen molar-refractivity contribution in [2.45, 2.75) is 13.1 Å². The summed E-state index contributed by atoms with van der Waals surface area (Å²) in [7, 11) is 1.79. The molecule has 0 saturated heterocycles. The predicted octanol–water partition coefficient (Wildman–Crippen LogP) is 2.28. The van der Waals surface area contributed by atoms with Crippen molar-refractivity contribution < 1.29 is 4.79 Å². The molecule has 4 heteroatoms. The lowest BCUT2D eigenvalue weighted by Crippen LogP contribution is -2.25. The topological polar surface area (TPSA) is 45.2 Å². The van der Waals surface area contributed by atoms with E-state index in [2.05, 4.69) is 22.4 Å². The van der Waals surface area contributed by atoms with Gasteiger partial charge in [-0.25, -0.2) is 4.98 Å². The number of benzene rings is 1. The van der Waals surface area contributed by atoms with E-state index in [1.165, 1.54) is 11.1 Å². The summed E-state index contributed by atoms with van der Waals surface area (Å²) < 4.78 is 0. The third kappa shape index (κ3) is 2.17. The van der Waals surface area contributed by atoms with E-state index >= 15 is 0 Å². The van der Waals surface area contributed by atoms with Gasteiger partial charge in [-0.05, 0) is 23.3 Å². The molecule has 96 valence electrons. The molecule has 3 rings (SSSR count). The van der Waals surface area contributed by atoms with Crippen molar-refractivity contribution in [2.24, 2.45) is 0 Å². The van der Waals surface area contributed by atoms with Crippen LogP contribution in [0.25, 0.3) is 0 Å². The summed E-state index contributed by atoms with van der Waals surface area (Å²) in [6, 6.07) is 11.7. The maximum atomic E-state index is 12.5. The van der Waals surface area contributed by atoms with Gasteiger partial charge < -0.3 is 10.2 Å². The van der Waals surface area contributed by atoms with Crippen LogP contribution in [0.4, 0.5) is 5.82 Å². The van der Waals surface area contributed by atoms with E-state index in [-0.39, 0.29) is 5.91 Å². The Labute approximate surface area is 112 Å². The van der Waals surface area contributed by atoms with Crippen LogP contribution in [-0.4, -0.2) is 22.8 Å². The summed E-state index contributed by atoms with van der Waals surface area (Å²) in [5.74, 6) is 0.762. The molecule has 0 saturated carbocycles. The first-order valence-electron chi connectivity index (χ1n) is 6.28. The van der Waals surface area contributed by atoms with E-state index in [0.717, 1.165) is 0 Å². The number of fused-ring (bicyclic) bond motifs is 1. The second-order valence-electron chi connectivity index (χ2n) is 4.61. The molecule has 0 aliphatic carbocycles. The lowest BCUT2D eigenvalue weighted by atomic mass is 10.1. The van der Waals surface area contributed by atoms with Crippen LogP contribution >= 0.6 is 0 Å². The molecule has 0 spiro atoms. The zero-order chi connectivity index (χ0) is 13.2. The third-order valence-corrected chi connectivity index (χ3v) is 3.39. The molecule has 0 radical (unpaired) electrons. The molecule has 1 aromatic carbocycles. The summed E-state index contributed by atoms with van der Waals surface area (Å²) in [4.78, 5) is 18.4. The number of carbonyl (C=O) groups is 1. The number of rotatable bonds is 2. The highest BCUT2D eigenvalue weighted by molar-refractivity contribution is 5.95. The Bertz CT molecular complexity index is 599. The van der Waals surface area contributed by atoms with Crippen molar-refractivity contribution in [3.8, 4) is 0 Å². The number of aromatic nitrogens is 1. The Balaban J connectivity index is 1.83. The van der Waals surface area contributed by atoms with Gasteiger partial charge in [0, 0.05) is 31.9 Å². The fourth-order valence-corrected chi connectivity index (χ4v) is 2.36. The fourth-order valence-electron chi connectivity index (χ4n) is 2.36. The highest BCUT2D eigenvalue weighted by atomic mass is 16.2. The quantitative estimate of drug-likeness (QED) is 0.893. The lowest BCUT2D eigenvalue weighted by Gasteiger charge is -2.15. The molecule has 0 bridgehead atoms. The SMILES string of the molecule is CNc1cc(C(=O)N2Cc3ccccc3C2)ccn1. The summed E-state index contributed by atoms with van der Waals surface area (Å²) in [6.45, 7) is 1.37. The Morgan fingerprint density at radius 3 is 2.53 bits per heavy atom. The molecule has 19 heavy (non-hydrogen) atoms. The largest absolute Gasteiger partial charge is 0.373 e. The lowest BCUT2D eigenvalue weighted by molar-refractivity contribution is 0.0751. The highest BCUT2D eigenvalue weighted by Crippen LogP contribution is 2.24. The van der Waals surface area contributed by atoms with Gasteiger partial charge in [0.25, 0.3) is 5.91 Å². The van der Waals surface area contributed by atoms with Crippen molar-refractivity contribution in [1.29, 1.82) is 0 Å². The van der Waals surface area contributed by atoms with Gasteiger partial charge in [0.05, 0.1) is 0 Å². The molecule has 0 unspecified atom stereocenters. The Morgan fingerprint density at radius 2 is 1.89 bits per heavy atom. The third-order valence-electron chi connectivity index (χ3n) is 3.39. The van der Waals surface area contributed by atoms with Gasteiger partial charge in [-0.15, -0.1) is 0 Å². The minimum absolute atomic E-state index is 0.0510. The number of nitrogens with zero attached hydrogens (tertiary/aromatic N) is 2. The first-order chi connectivity index (χ1) is 9.28. The maximum Gasteiger partial charge on any atom is 0.254 e. The summed E-state index contributed by atoms with van der Waals surface area (Å²) >= 11 is 0. The van der Waals surface area contributed by atoms with E-state index < -0.39 is 0 Å². The highest BCUT2D eigenvalue weighted by Gasteiger charge is 2.23. The van der Waals surface area contributed by atoms with Crippen LogP contribution in [-0.2, 0) is 13.1 Å². The first kappa shape index (κ1) is 11.7. The number of carbonyl (C=O) groups excluding carboxylic acids is 1. The van der Waals surface area contributed by atoms with Gasteiger partial charge in [0.2, 0.25) is 0 Å². The van der Waals surface area contributed by atoms with Crippen LogP contribution in [0.3, 0.4) is 0 Å². The smallest absolute Gasteiger partial charge is 0.254 e. The van der Waals surface area contributed by atoms with Gasteiger partial charge in [-0.2, -0.15) is 0 Å². The molecule has 0 fully saturated rings. The van der Waals surface area contributed by atoms with Crippen molar-refractivity contribution in [1.82, 2.24) is 9.88 Å². The number of pyridine rings is 1. The van der Waals surface area contributed by atoms with Gasteiger partial charge in [-0.3, -0.25) is 4.79 Å². The number of hydrogen-bond acceptors (Lipinski definition) is 3. The number of nitrogens with one attached hydrogen (secondary N) is 1. The van der Waals surface area contributed by atoms with E-state index in [9.17, 15) is 4.79 Å². The second kappa shape index (κ2) is 4.72. The Hall–Kier alpha value is -2.36. The van der Waals surface area contributed by atoms with E-state index in [4.69, 9.17) is 0 Å². The van der Waals surface area contributed by atoms with Crippen molar-refractivity contribution in [2.75, 3.05) is 12.4 Å². The molecular formula is C15H15N3O. The van der Waals surface area contributed by atoms with Crippen molar-refractivity contribution >= 4 is 11.7 Å². The Morgan fingerprint density at radius 1 is 1.21 bits per heavy atom. The van der Waals surface area contributed by atoms with Gasteiger partial charge in [0.15, 0.2) is 0 Å². The number of anilines is 1. The van der Waals surface area contributed by atoms with Gasteiger partial charge >= 0.3 is 0 Å². The molecule has 1 amide bonds. The first-order valence-corrected chi connectivity index (χ1v) is 6.28. The predicted molar refractivity (Wildman–Crippen MR) is 73.8 cm³/mol. The molecule has 1 aromatic heterocycles. The molecule has 1 N–H and O–H groups in total. The van der Waals surface area contributed by atoms with Crippen LogP contribution < -0.4 is 5.32 Å². The normalized spacial score (nSPS) is 13.2. The maximum absolute atomic E-state index is 12.5. The van der Waals surface area contributed by atoms with Gasteiger partial charge in [-0.1, -0.05) is 24.3 Å². The van der Waals surface area contributed by atoms with Crippen LogP contribution in [0, 0.1) is 0 Å². The van der Waals surface area contributed by atoms with Crippen LogP contribution in [0.5, 0.6) is 0 Å². The molecule has 1 aliphatic rings. The second-order valence-corrected chi connectivity index (χ2v) is 4.61. The van der Waals surface area contributed by atoms with E-state index in [1.54, 1.807) is 25.4 Å². The standard InChI is InChI=1S/C15H15N3O/c1-16-14-8-11(6-7-17-14)15(19)18-9-12-4-2-3-5-13(12)10-18/h2-8H,9-10H2,1H3,(H,16,17). The average Bonchev–Trinajstić information content (AvgIpc) is 2.90. The van der Waals surface area contributed by atoms with E-state index in [0.29, 0.717) is 24.5 Å². The molecule has 2 heterocycles. The van der Waals surface area contributed by atoms with E-state index in [1.807, 2.05) is 17.0 Å². The van der Waals surface area contributed by atoms with Crippen LogP contribution in [0.1, 0.15) is 21.5 Å².